The van der Waals surface area contributed by atoms with Crippen LogP contribution in [0.25, 0.3) is 78.8 Å². The summed E-state index contributed by atoms with van der Waals surface area (Å²) in [5, 5.41) is 1.32. The Labute approximate surface area is 292 Å². The first kappa shape index (κ1) is 29.8. The zero-order valence-electron chi connectivity index (χ0n) is 27.9. The zero-order chi connectivity index (χ0) is 33.4. The van der Waals surface area contributed by atoms with Gasteiger partial charge in [0.2, 0.25) is 0 Å². The smallest absolute Gasteiger partial charge is 0.160 e. The Kier molecular flexibility index (Phi) is 7.51. The monoisotopic (exact) mass is 641 g/mol. The van der Waals surface area contributed by atoms with Gasteiger partial charge in [-0.15, -0.1) is 0 Å². The van der Waals surface area contributed by atoms with Crippen molar-refractivity contribution in [2.75, 3.05) is 0 Å². The number of hydrogen-bond acceptors (Lipinski definition) is 2. The highest BCUT2D eigenvalue weighted by molar-refractivity contribution is 5.93. The minimum Gasteiger partial charge on any atom is -0.313 e. The third-order valence-corrected chi connectivity index (χ3v) is 9.83. The molecule has 0 saturated heterocycles. The molecule has 2 aromatic heterocycles. The van der Waals surface area contributed by atoms with E-state index in [0.29, 0.717) is 11.7 Å². The Morgan fingerprint density at radius 2 is 1.04 bits per heavy atom. The first-order chi connectivity index (χ1) is 24.7. The lowest BCUT2D eigenvalue weighted by Gasteiger charge is -2.19. The molecule has 0 N–H and O–H groups in total. The summed E-state index contributed by atoms with van der Waals surface area (Å²) in [7, 11) is 0. The van der Waals surface area contributed by atoms with E-state index in [1.165, 1.54) is 39.0 Å². The fourth-order valence-corrected chi connectivity index (χ4v) is 7.33. The van der Waals surface area contributed by atoms with Crippen molar-refractivity contribution in [3.8, 4) is 61.8 Å². The number of aromatic nitrogens is 3. The van der Waals surface area contributed by atoms with Crippen molar-refractivity contribution in [1.29, 1.82) is 0 Å². The summed E-state index contributed by atoms with van der Waals surface area (Å²) in [4.78, 5) is 10.1. The van der Waals surface area contributed by atoms with Crippen molar-refractivity contribution in [2.24, 2.45) is 0 Å². The van der Waals surface area contributed by atoms with Crippen LogP contribution in [0, 0.1) is 0 Å². The summed E-state index contributed by atoms with van der Waals surface area (Å²) in [5.74, 6) is 1.17. The lowest BCUT2D eigenvalue weighted by molar-refractivity contribution is 0.723. The van der Waals surface area contributed by atoms with Crippen molar-refractivity contribution in [1.82, 2.24) is 14.5 Å². The van der Waals surface area contributed by atoms with E-state index in [0.717, 1.165) is 45.6 Å². The summed E-state index contributed by atoms with van der Waals surface area (Å²) >= 11 is 0. The van der Waals surface area contributed by atoms with E-state index in [2.05, 4.69) is 151 Å². The van der Waals surface area contributed by atoms with Crippen molar-refractivity contribution in [2.45, 2.75) is 19.3 Å². The van der Waals surface area contributed by atoms with Crippen LogP contribution in [-0.2, 0) is 0 Å². The van der Waals surface area contributed by atoms with Gasteiger partial charge in [0.05, 0.1) is 16.9 Å². The third-order valence-electron chi connectivity index (χ3n) is 9.83. The van der Waals surface area contributed by atoms with Gasteiger partial charge >= 0.3 is 0 Å². The first-order valence-corrected chi connectivity index (χ1v) is 17.3. The van der Waals surface area contributed by atoms with Crippen molar-refractivity contribution >= 4 is 17.0 Å². The van der Waals surface area contributed by atoms with Gasteiger partial charge in [-0.25, -0.2) is 9.97 Å². The molecule has 3 heteroatoms. The van der Waals surface area contributed by atoms with Crippen LogP contribution in [0.1, 0.15) is 30.5 Å². The van der Waals surface area contributed by atoms with Crippen LogP contribution in [0.4, 0.5) is 0 Å². The summed E-state index contributed by atoms with van der Waals surface area (Å²) in [6, 6.07) is 57.9. The Hall–Kier alpha value is -6.32. The summed E-state index contributed by atoms with van der Waals surface area (Å²) in [6.07, 6.45) is 5.68. The summed E-state index contributed by atoms with van der Waals surface area (Å²) in [6.45, 7) is 2.33. The summed E-state index contributed by atoms with van der Waals surface area (Å²) in [5.41, 5.74) is 14.8. The maximum absolute atomic E-state index is 5.06. The number of fused-ring (bicyclic) bond motifs is 3. The average Bonchev–Trinajstić information content (AvgIpc) is 3.54. The molecule has 9 rings (SSSR count). The molecule has 0 spiro atoms. The molecule has 1 aliphatic carbocycles. The molecule has 1 unspecified atom stereocenters. The fourth-order valence-electron chi connectivity index (χ4n) is 7.33. The maximum Gasteiger partial charge on any atom is 0.160 e. The number of benzene rings is 6. The molecular weight excluding hydrogens is 607 g/mol. The van der Waals surface area contributed by atoms with Gasteiger partial charge in [-0.2, -0.15) is 0 Å². The molecule has 0 saturated carbocycles. The minimum atomic E-state index is 0.464. The predicted molar refractivity (Wildman–Crippen MR) is 208 cm³/mol. The van der Waals surface area contributed by atoms with E-state index in [1.54, 1.807) is 0 Å². The minimum absolute atomic E-state index is 0.464. The number of allylic oxidation sites excluding steroid dienone is 1. The maximum atomic E-state index is 5.06. The van der Waals surface area contributed by atoms with Crippen LogP contribution < -0.4 is 0 Å². The van der Waals surface area contributed by atoms with Crippen LogP contribution in [0.3, 0.4) is 0 Å². The zero-order valence-corrected chi connectivity index (χ0v) is 27.9. The molecule has 238 valence electrons. The number of para-hydroxylation sites is 1. The van der Waals surface area contributed by atoms with E-state index < -0.39 is 0 Å². The van der Waals surface area contributed by atoms with Crippen LogP contribution in [0.5, 0.6) is 0 Å². The fraction of sp³-hybridized carbons (Fsp3) is 0.0638. The highest BCUT2D eigenvalue weighted by Crippen LogP contribution is 2.39. The third kappa shape index (κ3) is 5.43. The molecule has 2 heterocycles. The van der Waals surface area contributed by atoms with Crippen molar-refractivity contribution in [3.63, 3.8) is 0 Å². The molecule has 0 radical (unpaired) electrons. The highest BCUT2D eigenvalue weighted by Gasteiger charge is 2.23. The molecule has 3 nitrogen and oxygen atoms in total. The second-order valence-electron chi connectivity index (χ2n) is 13.1. The van der Waals surface area contributed by atoms with Crippen LogP contribution in [0.2, 0.25) is 0 Å². The molecule has 0 fully saturated rings. The Morgan fingerprint density at radius 3 is 1.70 bits per heavy atom. The molecule has 0 amide bonds. The number of hydrogen-bond donors (Lipinski definition) is 0. The molecule has 50 heavy (non-hydrogen) atoms. The second-order valence-corrected chi connectivity index (χ2v) is 13.1. The molecule has 0 aliphatic heterocycles. The molecule has 1 aliphatic rings. The van der Waals surface area contributed by atoms with Crippen LogP contribution >= 0.6 is 0 Å². The quantitative estimate of drug-likeness (QED) is 0.181. The first-order valence-electron chi connectivity index (χ1n) is 17.3. The number of nitrogens with zero attached hydrogens (tertiary/aromatic N) is 3. The second kappa shape index (κ2) is 12.6. The van der Waals surface area contributed by atoms with E-state index >= 15 is 0 Å². The normalized spacial score (nSPS) is 13.7. The van der Waals surface area contributed by atoms with E-state index in [4.69, 9.17) is 9.97 Å². The highest BCUT2D eigenvalue weighted by atomic mass is 15.0. The van der Waals surface area contributed by atoms with Crippen molar-refractivity contribution < 1.29 is 0 Å². The van der Waals surface area contributed by atoms with E-state index in [-0.39, 0.29) is 0 Å². The van der Waals surface area contributed by atoms with Crippen LogP contribution in [0.15, 0.2) is 170 Å². The Balaban J connectivity index is 1.07. The SMILES string of the molecule is CC1CC=Cc2c1n(-c1ccc(-c3cccc(-c4cccc(-c5nc(-c6ccccc6)cc(-c6ccccc6)n5)c4)c3)cc1)c1ccccc21. The lowest BCUT2D eigenvalue weighted by Crippen LogP contribution is -2.06. The predicted octanol–water partition coefficient (Wildman–Crippen LogP) is 12.3. The molecular formula is C47H35N3. The van der Waals surface area contributed by atoms with Gasteiger partial charge in [-0.05, 0) is 65.1 Å². The Morgan fingerprint density at radius 1 is 0.500 bits per heavy atom. The standard InChI is InChI=1S/C47H35N3/c1-32-13-10-23-42-41-22-8-9-24-45(41)50(46(32)42)40-27-25-33(26-28-40)36-18-11-19-37(29-36)38-20-12-21-39(30-38)47-48-43(34-14-4-2-5-15-34)31-44(49-47)35-16-6-3-7-17-35/h2-12,14-32H,13H2,1H3. The number of rotatable bonds is 6. The molecule has 1 atom stereocenters. The van der Waals surface area contributed by atoms with Gasteiger partial charge in [-0.1, -0.05) is 146 Å². The average molecular weight is 642 g/mol. The van der Waals surface area contributed by atoms with Gasteiger partial charge in [0.25, 0.3) is 0 Å². The Bertz CT molecular complexity index is 2450. The van der Waals surface area contributed by atoms with Crippen LogP contribution in [-0.4, -0.2) is 14.5 Å². The molecule has 6 aromatic carbocycles. The lowest BCUT2D eigenvalue weighted by atomic mass is 9.93. The van der Waals surface area contributed by atoms with Gasteiger partial charge in [0.15, 0.2) is 5.82 Å². The van der Waals surface area contributed by atoms with Crippen molar-refractivity contribution in [3.05, 3.63) is 181 Å². The van der Waals surface area contributed by atoms with E-state index in [9.17, 15) is 0 Å². The van der Waals surface area contributed by atoms with Gasteiger partial charge in [-0.3, -0.25) is 0 Å². The largest absolute Gasteiger partial charge is 0.313 e. The molecule has 0 bridgehead atoms. The van der Waals surface area contributed by atoms with Gasteiger partial charge in [0, 0.05) is 44.9 Å². The molecule has 8 aromatic rings. The summed E-state index contributed by atoms with van der Waals surface area (Å²) < 4.78 is 2.46. The van der Waals surface area contributed by atoms with E-state index in [1.807, 2.05) is 36.4 Å². The van der Waals surface area contributed by atoms with Gasteiger partial charge < -0.3 is 4.57 Å². The van der Waals surface area contributed by atoms with Gasteiger partial charge in [0.1, 0.15) is 0 Å². The topological polar surface area (TPSA) is 30.7 Å².